The first-order chi connectivity index (χ1) is 15.0. The first-order valence-electron chi connectivity index (χ1n) is 11.3. The zero-order valence-electron chi connectivity index (χ0n) is 18.5. The summed E-state index contributed by atoms with van der Waals surface area (Å²) in [5.74, 6) is 2.34. The Balaban J connectivity index is 1.36. The predicted molar refractivity (Wildman–Crippen MR) is 128 cm³/mol. The van der Waals surface area contributed by atoms with Crippen molar-refractivity contribution in [3.8, 4) is 0 Å². The van der Waals surface area contributed by atoms with Crippen LogP contribution in [0, 0.1) is 17.8 Å². The van der Waals surface area contributed by atoms with Gasteiger partial charge in [-0.1, -0.05) is 38.1 Å². The average Bonchev–Trinajstić information content (AvgIpc) is 2.76. The standard InChI is InChI=1S/C24H35N3O3S/c1-17(2)19-11-9-18(10-12-19)15-25-16-24(28)27-14-13-26-22-7-3-6-21-20(22)5-4-8-23(21)31(29)30/h3-8,17-19,25-26H,9-16H2,1-2H3,(H,27,28)(H,29,30). The molecule has 31 heavy (non-hydrogen) atoms. The second-order valence-electron chi connectivity index (χ2n) is 8.84. The smallest absolute Gasteiger partial charge is 0.234 e. The Morgan fingerprint density at radius 2 is 1.77 bits per heavy atom. The van der Waals surface area contributed by atoms with E-state index in [1.807, 2.05) is 24.3 Å². The third kappa shape index (κ3) is 6.76. The second kappa shape index (κ2) is 11.6. The molecule has 2 aromatic rings. The summed E-state index contributed by atoms with van der Waals surface area (Å²) < 4.78 is 21.0. The molecule has 2 aromatic carbocycles. The van der Waals surface area contributed by atoms with Crippen molar-refractivity contribution in [1.82, 2.24) is 10.6 Å². The van der Waals surface area contributed by atoms with Crippen LogP contribution in [0.5, 0.6) is 0 Å². The molecule has 0 aromatic heterocycles. The summed E-state index contributed by atoms with van der Waals surface area (Å²) in [6, 6.07) is 11.0. The van der Waals surface area contributed by atoms with E-state index >= 15 is 0 Å². The molecule has 6 nitrogen and oxygen atoms in total. The number of nitrogens with one attached hydrogen (secondary N) is 3. The highest BCUT2D eigenvalue weighted by atomic mass is 32.2. The van der Waals surface area contributed by atoms with Crippen LogP contribution in [0.1, 0.15) is 39.5 Å². The molecule has 0 radical (unpaired) electrons. The van der Waals surface area contributed by atoms with Crippen molar-refractivity contribution in [3.05, 3.63) is 36.4 Å². The number of benzene rings is 2. The highest BCUT2D eigenvalue weighted by Gasteiger charge is 2.22. The van der Waals surface area contributed by atoms with Crippen LogP contribution in [0.2, 0.25) is 0 Å². The van der Waals surface area contributed by atoms with Crippen LogP contribution in [-0.2, 0) is 15.9 Å². The molecule has 1 fully saturated rings. The van der Waals surface area contributed by atoms with E-state index in [-0.39, 0.29) is 5.91 Å². The van der Waals surface area contributed by atoms with E-state index in [9.17, 15) is 13.6 Å². The summed E-state index contributed by atoms with van der Waals surface area (Å²) in [5.41, 5.74) is 0.883. The van der Waals surface area contributed by atoms with Crippen molar-refractivity contribution in [1.29, 1.82) is 0 Å². The van der Waals surface area contributed by atoms with Gasteiger partial charge in [0.2, 0.25) is 5.91 Å². The van der Waals surface area contributed by atoms with E-state index in [2.05, 4.69) is 29.8 Å². The fourth-order valence-electron chi connectivity index (χ4n) is 4.50. The Labute approximate surface area is 187 Å². The molecule has 0 spiro atoms. The van der Waals surface area contributed by atoms with Crippen molar-refractivity contribution in [2.75, 3.05) is 31.5 Å². The van der Waals surface area contributed by atoms with Gasteiger partial charge in [-0.2, -0.15) is 0 Å². The highest BCUT2D eigenvalue weighted by molar-refractivity contribution is 7.79. The molecule has 0 saturated heterocycles. The Kier molecular flexibility index (Phi) is 8.87. The van der Waals surface area contributed by atoms with Crippen LogP contribution < -0.4 is 16.0 Å². The molecule has 1 aliphatic rings. The van der Waals surface area contributed by atoms with Crippen LogP contribution in [0.25, 0.3) is 10.8 Å². The van der Waals surface area contributed by atoms with Gasteiger partial charge in [-0.3, -0.25) is 4.79 Å². The molecule has 1 saturated carbocycles. The first kappa shape index (κ1) is 23.7. The normalized spacial score (nSPS) is 20.0. The van der Waals surface area contributed by atoms with Crippen LogP contribution in [0.15, 0.2) is 41.3 Å². The van der Waals surface area contributed by atoms with Gasteiger partial charge in [0.1, 0.15) is 0 Å². The van der Waals surface area contributed by atoms with Gasteiger partial charge in [-0.15, -0.1) is 0 Å². The Bertz CT molecular complexity index is 895. The summed E-state index contributed by atoms with van der Waals surface area (Å²) in [5, 5.41) is 11.2. The van der Waals surface area contributed by atoms with Gasteiger partial charge in [0.15, 0.2) is 11.1 Å². The van der Waals surface area contributed by atoms with Gasteiger partial charge in [-0.25, -0.2) is 4.21 Å². The molecule has 1 unspecified atom stereocenters. The zero-order valence-corrected chi connectivity index (χ0v) is 19.3. The molecule has 4 N–H and O–H groups in total. The zero-order chi connectivity index (χ0) is 22.2. The maximum Gasteiger partial charge on any atom is 0.234 e. The molecule has 1 atom stereocenters. The summed E-state index contributed by atoms with van der Waals surface area (Å²) in [4.78, 5) is 12.5. The SMILES string of the molecule is CC(C)C1CCC(CNCC(=O)NCCNc2cccc3c(S(=O)O)cccc23)CC1. The van der Waals surface area contributed by atoms with Crippen molar-refractivity contribution >= 4 is 33.4 Å². The summed E-state index contributed by atoms with van der Waals surface area (Å²) in [6.45, 7) is 7.00. The lowest BCUT2D eigenvalue weighted by Crippen LogP contribution is -2.38. The minimum absolute atomic E-state index is 0.00792. The largest absolute Gasteiger partial charge is 0.383 e. The third-order valence-corrected chi connectivity index (χ3v) is 7.12. The molecule has 0 aliphatic heterocycles. The van der Waals surface area contributed by atoms with Gasteiger partial charge < -0.3 is 20.5 Å². The fourth-order valence-corrected chi connectivity index (χ4v) is 5.06. The quantitative estimate of drug-likeness (QED) is 0.328. The van der Waals surface area contributed by atoms with Crippen LogP contribution in [-0.4, -0.2) is 40.8 Å². The van der Waals surface area contributed by atoms with Gasteiger partial charge in [0.05, 0.1) is 11.4 Å². The molecular formula is C24H35N3O3S. The van der Waals surface area contributed by atoms with Crippen molar-refractivity contribution in [2.24, 2.45) is 17.8 Å². The van der Waals surface area contributed by atoms with Crippen LogP contribution >= 0.6 is 0 Å². The number of rotatable bonds is 10. The van der Waals surface area contributed by atoms with E-state index in [0.29, 0.717) is 30.4 Å². The van der Waals surface area contributed by atoms with Gasteiger partial charge in [-0.05, 0) is 62.1 Å². The lowest BCUT2D eigenvalue weighted by atomic mass is 9.77. The van der Waals surface area contributed by atoms with Crippen LogP contribution in [0.3, 0.4) is 0 Å². The number of amides is 1. The highest BCUT2D eigenvalue weighted by Crippen LogP contribution is 2.32. The van der Waals surface area contributed by atoms with E-state index in [1.165, 1.54) is 25.7 Å². The molecule has 0 bridgehead atoms. The number of hydrogen-bond acceptors (Lipinski definition) is 4. The number of fused-ring (bicyclic) bond motifs is 1. The van der Waals surface area contributed by atoms with Crippen molar-refractivity contribution < 1.29 is 13.6 Å². The fraction of sp³-hybridized carbons (Fsp3) is 0.542. The van der Waals surface area contributed by atoms with Crippen molar-refractivity contribution in [3.63, 3.8) is 0 Å². The van der Waals surface area contributed by atoms with E-state index < -0.39 is 11.1 Å². The Hall–Kier alpha value is -1.96. The van der Waals surface area contributed by atoms with E-state index in [0.717, 1.165) is 34.8 Å². The molecule has 170 valence electrons. The molecule has 1 aliphatic carbocycles. The third-order valence-electron chi connectivity index (χ3n) is 6.39. The summed E-state index contributed by atoms with van der Waals surface area (Å²) in [6.07, 6.45) is 5.15. The maximum atomic E-state index is 12.1. The molecule has 3 rings (SSSR count). The lowest BCUT2D eigenvalue weighted by Gasteiger charge is -2.30. The minimum Gasteiger partial charge on any atom is -0.383 e. The van der Waals surface area contributed by atoms with Crippen molar-refractivity contribution in [2.45, 2.75) is 44.4 Å². The topological polar surface area (TPSA) is 90.5 Å². The minimum atomic E-state index is -2.03. The molecule has 7 heteroatoms. The summed E-state index contributed by atoms with van der Waals surface area (Å²) in [7, 11) is 0. The lowest BCUT2D eigenvalue weighted by molar-refractivity contribution is -0.120. The Morgan fingerprint density at radius 3 is 2.48 bits per heavy atom. The van der Waals surface area contributed by atoms with E-state index in [1.54, 1.807) is 12.1 Å². The molecule has 0 heterocycles. The second-order valence-corrected chi connectivity index (χ2v) is 9.78. The number of hydrogen-bond donors (Lipinski definition) is 4. The predicted octanol–water partition coefficient (Wildman–Crippen LogP) is 4.00. The first-order valence-corrected chi connectivity index (χ1v) is 12.4. The monoisotopic (exact) mass is 445 g/mol. The number of anilines is 1. The number of carbonyl (C=O) groups is 1. The van der Waals surface area contributed by atoms with Gasteiger partial charge in [0, 0.05) is 29.5 Å². The van der Waals surface area contributed by atoms with E-state index in [4.69, 9.17) is 0 Å². The Morgan fingerprint density at radius 1 is 1.06 bits per heavy atom. The van der Waals surface area contributed by atoms with Crippen LogP contribution in [0.4, 0.5) is 5.69 Å². The molecular weight excluding hydrogens is 410 g/mol. The van der Waals surface area contributed by atoms with Gasteiger partial charge in [0.25, 0.3) is 0 Å². The average molecular weight is 446 g/mol. The summed E-state index contributed by atoms with van der Waals surface area (Å²) >= 11 is -2.03. The number of carbonyl (C=O) groups excluding carboxylic acids is 1. The van der Waals surface area contributed by atoms with Gasteiger partial charge >= 0.3 is 0 Å². The molecule has 1 amide bonds. The maximum absolute atomic E-state index is 12.1.